The molecule has 0 aliphatic heterocycles. The number of urea groups is 1. The molecule has 7 nitrogen and oxygen atoms in total. The molecule has 22 heavy (non-hydrogen) atoms. The second-order valence-corrected chi connectivity index (χ2v) is 5.72. The van der Waals surface area contributed by atoms with Gasteiger partial charge in [0.05, 0.1) is 0 Å². The fourth-order valence-electron chi connectivity index (χ4n) is 1.58. The highest BCUT2D eigenvalue weighted by Crippen LogP contribution is 2.12. The van der Waals surface area contributed by atoms with E-state index in [-0.39, 0.29) is 17.6 Å². The van der Waals surface area contributed by atoms with Gasteiger partial charge in [0.2, 0.25) is 0 Å². The minimum absolute atomic E-state index is 0.0113. The minimum Gasteiger partial charge on any atom is -0.480 e. The number of rotatable bonds is 5. The molecule has 0 aliphatic carbocycles. The third-order valence-electron chi connectivity index (χ3n) is 2.76. The van der Waals surface area contributed by atoms with Crippen LogP contribution in [0.25, 0.3) is 0 Å². The van der Waals surface area contributed by atoms with Crippen LogP contribution in [0.5, 0.6) is 0 Å². The first-order valence-electron chi connectivity index (χ1n) is 6.85. The molecule has 1 aromatic carbocycles. The maximum Gasteiger partial charge on any atom is 0.328 e. The number of benzene rings is 1. The minimum atomic E-state index is -1.38. The summed E-state index contributed by atoms with van der Waals surface area (Å²) < 4.78 is 0. The average Bonchev–Trinajstić information content (AvgIpc) is 2.37. The third kappa shape index (κ3) is 5.08. The Bertz CT molecular complexity index is 582. The van der Waals surface area contributed by atoms with Crippen molar-refractivity contribution in [1.29, 1.82) is 0 Å². The molecule has 0 fully saturated rings. The van der Waals surface area contributed by atoms with E-state index >= 15 is 0 Å². The summed E-state index contributed by atoms with van der Waals surface area (Å²) in [4.78, 5) is 34.7. The normalized spacial score (nSPS) is 11.0. The highest BCUT2D eigenvalue weighted by Gasteiger charge is 2.29. The topological polar surface area (TPSA) is 108 Å². The van der Waals surface area contributed by atoms with E-state index in [1.54, 1.807) is 18.2 Å². The van der Waals surface area contributed by atoms with Crippen LogP contribution in [0, 0.1) is 0 Å². The van der Waals surface area contributed by atoms with Crippen LogP contribution in [-0.2, 0) is 4.79 Å². The first-order valence-corrected chi connectivity index (χ1v) is 6.85. The maximum absolute atomic E-state index is 12.1. The number of hydrogen-bond donors (Lipinski definition) is 4. The predicted molar refractivity (Wildman–Crippen MR) is 82.9 cm³/mol. The van der Waals surface area contributed by atoms with Gasteiger partial charge in [0.1, 0.15) is 5.54 Å². The molecule has 4 N–H and O–H groups in total. The Labute approximate surface area is 129 Å². The van der Waals surface area contributed by atoms with Crippen molar-refractivity contribution in [1.82, 2.24) is 10.6 Å². The molecule has 0 aromatic heterocycles. The van der Waals surface area contributed by atoms with E-state index in [4.69, 9.17) is 5.11 Å². The van der Waals surface area contributed by atoms with Gasteiger partial charge in [0.25, 0.3) is 5.91 Å². The summed E-state index contributed by atoms with van der Waals surface area (Å²) >= 11 is 0. The molecule has 0 aliphatic rings. The van der Waals surface area contributed by atoms with Gasteiger partial charge in [-0.2, -0.15) is 0 Å². The van der Waals surface area contributed by atoms with Crippen molar-refractivity contribution >= 4 is 23.6 Å². The van der Waals surface area contributed by atoms with Crippen molar-refractivity contribution in [2.75, 3.05) is 5.32 Å². The predicted octanol–water partition coefficient (Wildman–Crippen LogP) is 1.81. The van der Waals surface area contributed by atoms with Gasteiger partial charge in [-0.1, -0.05) is 6.07 Å². The number of nitrogens with one attached hydrogen (secondary N) is 3. The van der Waals surface area contributed by atoms with Crippen molar-refractivity contribution in [2.45, 2.75) is 39.3 Å². The van der Waals surface area contributed by atoms with E-state index in [9.17, 15) is 14.4 Å². The van der Waals surface area contributed by atoms with Gasteiger partial charge in [0.15, 0.2) is 0 Å². The van der Waals surface area contributed by atoms with Crippen LogP contribution >= 0.6 is 0 Å². The van der Waals surface area contributed by atoms with Gasteiger partial charge in [-0.3, -0.25) is 4.79 Å². The lowest BCUT2D eigenvalue weighted by Gasteiger charge is -2.21. The van der Waals surface area contributed by atoms with Crippen LogP contribution < -0.4 is 16.0 Å². The molecular formula is C15H21N3O4. The number of carbonyl (C=O) groups excluding carboxylic acids is 2. The van der Waals surface area contributed by atoms with Crippen LogP contribution in [0.4, 0.5) is 10.5 Å². The second-order valence-electron chi connectivity index (χ2n) is 5.72. The Kier molecular flexibility index (Phi) is 5.50. The molecular weight excluding hydrogens is 286 g/mol. The van der Waals surface area contributed by atoms with Gasteiger partial charge in [-0.25, -0.2) is 9.59 Å². The molecule has 0 spiro atoms. The van der Waals surface area contributed by atoms with Gasteiger partial charge in [-0.05, 0) is 45.9 Å². The van der Waals surface area contributed by atoms with Crippen LogP contribution in [-0.4, -0.2) is 34.6 Å². The summed E-state index contributed by atoms with van der Waals surface area (Å²) in [5, 5.41) is 16.7. The quantitative estimate of drug-likeness (QED) is 0.665. The molecule has 0 saturated heterocycles. The number of anilines is 1. The summed E-state index contributed by atoms with van der Waals surface area (Å²) in [6.07, 6.45) is 0. The van der Waals surface area contributed by atoms with Crippen molar-refractivity contribution in [2.24, 2.45) is 0 Å². The van der Waals surface area contributed by atoms with Crippen LogP contribution in [0.1, 0.15) is 38.1 Å². The van der Waals surface area contributed by atoms with Crippen molar-refractivity contribution in [3.05, 3.63) is 29.8 Å². The molecule has 3 amide bonds. The summed E-state index contributed by atoms with van der Waals surface area (Å²) in [6, 6.07) is 5.87. The zero-order valence-electron chi connectivity index (χ0n) is 13.1. The number of hydrogen-bond acceptors (Lipinski definition) is 3. The lowest BCUT2D eigenvalue weighted by molar-refractivity contribution is -0.143. The zero-order valence-corrected chi connectivity index (χ0v) is 13.1. The summed E-state index contributed by atoms with van der Waals surface area (Å²) in [5.74, 6) is -1.66. The van der Waals surface area contributed by atoms with Crippen molar-refractivity contribution in [3.63, 3.8) is 0 Å². The second kappa shape index (κ2) is 6.93. The Balaban J connectivity index is 2.81. The molecule has 0 heterocycles. The summed E-state index contributed by atoms with van der Waals surface area (Å²) in [5.41, 5.74) is -0.675. The van der Waals surface area contributed by atoms with E-state index < -0.39 is 17.4 Å². The third-order valence-corrected chi connectivity index (χ3v) is 2.76. The SMILES string of the molecule is CC(C)NC(=O)Nc1cccc(C(=O)NC(C)(C)C(=O)O)c1. The van der Waals surface area contributed by atoms with Gasteiger partial charge in [0, 0.05) is 17.3 Å². The molecule has 0 atom stereocenters. The number of aliphatic carboxylic acids is 1. The molecule has 0 saturated carbocycles. The average molecular weight is 307 g/mol. The van der Waals surface area contributed by atoms with Gasteiger partial charge in [-0.15, -0.1) is 0 Å². The Morgan fingerprint density at radius 2 is 1.82 bits per heavy atom. The van der Waals surface area contributed by atoms with Gasteiger partial charge < -0.3 is 21.1 Å². The Morgan fingerprint density at radius 1 is 1.18 bits per heavy atom. The smallest absolute Gasteiger partial charge is 0.328 e. The number of amides is 3. The standard InChI is InChI=1S/C15H21N3O4/c1-9(2)16-14(22)17-11-7-5-6-10(8-11)12(19)18-15(3,4)13(20)21/h5-9H,1-4H3,(H,18,19)(H,20,21)(H2,16,17,22). The maximum atomic E-state index is 12.1. The lowest BCUT2D eigenvalue weighted by Crippen LogP contribution is -2.49. The fourth-order valence-corrected chi connectivity index (χ4v) is 1.58. The summed E-state index contributed by atoms with van der Waals surface area (Å²) in [7, 11) is 0. The fraction of sp³-hybridized carbons (Fsp3) is 0.400. The molecule has 120 valence electrons. The van der Waals surface area contributed by atoms with E-state index in [0.29, 0.717) is 5.69 Å². The number of carbonyl (C=O) groups is 3. The van der Waals surface area contributed by atoms with Gasteiger partial charge >= 0.3 is 12.0 Å². The van der Waals surface area contributed by atoms with Crippen LogP contribution in [0.15, 0.2) is 24.3 Å². The highest BCUT2D eigenvalue weighted by molar-refractivity contribution is 5.99. The van der Waals surface area contributed by atoms with Crippen LogP contribution in [0.3, 0.4) is 0 Å². The summed E-state index contributed by atoms with van der Waals surface area (Å²) in [6.45, 7) is 6.45. The van der Waals surface area contributed by atoms with Crippen molar-refractivity contribution in [3.8, 4) is 0 Å². The van der Waals surface area contributed by atoms with E-state index in [2.05, 4.69) is 16.0 Å². The Hall–Kier alpha value is -2.57. The monoisotopic (exact) mass is 307 g/mol. The number of carboxylic acid groups (broad SMARTS) is 1. The molecule has 0 radical (unpaired) electrons. The Morgan fingerprint density at radius 3 is 2.36 bits per heavy atom. The van der Waals surface area contributed by atoms with Crippen molar-refractivity contribution < 1.29 is 19.5 Å². The largest absolute Gasteiger partial charge is 0.480 e. The molecule has 0 unspecified atom stereocenters. The van der Waals surface area contributed by atoms with Crippen LogP contribution in [0.2, 0.25) is 0 Å². The molecule has 1 aromatic rings. The molecule has 0 bridgehead atoms. The van der Waals surface area contributed by atoms with E-state index in [1.807, 2.05) is 13.8 Å². The molecule has 7 heteroatoms. The number of carboxylic acids is 1. The molecule has 1 rings (SSSR count). The first-order chi connectivity index (χ1) is 10.1. The van der Waals surface area contributed by atoms with E-state index in [0.717, 1.165) is 0 Å². The highest BCUT2D eigenvalue weighted by atomic mass is 16.4. The zero-order chi connectivity index (χ0) is 16.9. The first kappa shape index (κ1) is 17.5. The van der Waals surface area contributed by atoms with E-state index in [1.165, 1.54) is 19.9 Å². The lowest BCUT2D eigenvalue weighted by atomic mass is 10.1.